The predicted octanol–water partition coefficient (Wildman–Crippen LogP) is 5.92. The molecule has 2 aromatic carbocycles. The summed E-state index contributed by atoms with van der Waals surface area (Å²) in [5.41, 5.74) is 4.07. The van der Waals surface area contributed by atoms with Gasteiger partial charge in [0.1, 0.15) is 27.9 Å². The average Bonchev–Trinajstić information content (AvgIpc) is 3.55. The molecule has 13 heteroatoms. The Morgan fingerprint density at radius 3 is 2.67 bits per heavy atom. The van der Waals surface area contributed by atoms with E-state index in [-0.39, 0.29) is 19.0 Å². The average molecular weight is 570 g/mol. The van der Waals surface area contributed by atoms with E-state index >= 15 is 0 Å². The van der Waals surface area contributed by atoms with E-state index in [9.17, 15) is 18.0 Å². The van der Waals surface area contributed by atoms with Crippen molar-refractivity contribution in [2.24, 2.45) is 5.92 Å². The van der Waals surface area contributed by atoms with Gasteiger partial charge in [0.15, 0.2) is 0 Å². The third-order valence-electron chi connectivity index (χ3n) is 6.94. The Morgan fingerprint density at radius 1 is 1.12 bits per heavy atom. The molecular formula is C27H23ClF3N7O2. The fraction of sp³-hybridized carbons (Fsp3) is 0.296. The van der Waals surface area contributed by atoms with Crippen LogP contribution >= 0.6 is 11.6 Å². The number of carbonyl (C=O) groups excluding carboxylic acids is 1. The van der Waals surface area contributed by atoms with Gasteiger partial charge in [0, 0.05) is 37.5 Å². The van der Waals surface area contributed by atoms with E-state index < -0.39 is 12.1 Å². The number of H-pyrrole nitrogens is 1. The smallest absolute Gasteiger partial charge is 0.456 e. The number of nitrogens with one attached hydrogen (secondary N) is 1. The molecule has 1 N–H and O–H groups in total. The first-order valence-electron chi connectivity index (χ1n) is 12.6. The molecule has 0 spiro atoms. The van der Waals surface area contributed by atoms with E-state index in [0.717, 1.165) is 27.3 Å². The van der Waals surface area contributed by atoms with Gasteiger partial charge >= 0.3 is 12.1 Å². The fourth-order valence-electron chi connectivity index (χ4n) is 4.91. The molecule has 4 heterocycles. The maximum atomic E-state index is 12.7. The van der Waals surface area contributed by atoms with Crippen LogP contribution in [0, 0.1) is 12.8 Å². The number of hydrogen-bond acceptors (Lipinski definition) is 6. The maximum Gasteiger partial charge on any atom is 0.471 e. The van der Waals surface area contributed by atoms with Crippen molar-refractivity contribution in [3.05, 3.63) is 59.8 Å². The van der Waals surface area contributed by atoms with Crippen LogP contribution in [0.4, 0.5) is 13.2 Å². The molecule has 1 amide bonds. The molecule has 1 saturated heterocycles. The molecule has 1 aliphatic rings. The highest BCUT2D eigenvalue weighted by molar-refractivity contribution is 6.36. The van der Waals surface area contributed by atoms with Gasteiger partial charge in [-0.15, -0.1) is 0 Å². The van der Waals surface area contributed by atoms with Crippen molar-refractivity contribution < 1.29 is 22.7 Å². The standard InChI is InChI=1S/C27H23ClF3N7O2/c1-15-34-19-3-2-18(10-21(19)35-15)40-23-5-4-20-25(24(23)28)36-22(12-32-20)17-11-33-38(14-17)13-16-6-8-37(9-7-16)26(39)27(29,30)31/h2-5,10-12,14,16H,6-9,13H2,1H3,(H,34,35). The lowest BCUT2D eigenvalue weighted by atomic mass is 9.97. The molecule has 0 atom stereocenters. The quantitative estimate of drug-likeness (QED) is 0.282. The zero-order chi connectivity index (χ0) is 28.0. The van der Waals surface area contributed by atoms with Gasteiger partial charge in [-0.3, -0.25) is 14.5 Å². The summed E-state index contributed by atoms with van der Waals surface area (Å²) >= 11 is 6.70. The number of aryl methyl sites for hydroxylation is 1. The van der Waals surface area contributed by atoms with Crippen LogP contribution in [0.3, 0.4) is 0 Å². The van der Waals surface area contributed by atoms with Crippen molar-refractivity contribution in [1.82, 2.24) is 34.6 Å². The number of nitrogens with zero attached hydrogens (tertiary/aromatic N) is 6. The van der Waals surface area contributed by atoms with Gasteiger partial charge in [-0.05, 0) is 49.9 Å². The third-order valence-corrected chi connectivity index (χ3v) is 7.30. The van der Waals surface area contributed by atoms with Crippen molar-refractivity contribution in [3.8, 4) is 22.8 Å². The van der Waals surface area contributed by atoms with Crippen LogP contribution < -0.4 is 4.74 Å². The number of rotatable bonds is 5. The number of likely N-dealkylation sites (tertiary alicyclic amines) is 1. The Hall–Kier alpha value is -4.19. The highest BCUT2D eigenvalue weighted by Gasteiger charge is 2.43. The second kappa shape index (κ2) is 10.1. The Labute approximate surface area is 230 Å². The van der Waals surface area contributed by atoms with Crippen LogP contribution in [0.15, 0.2) is 48.9 Å². The second-order valence-electron chi connectivity index (χ2n) is 9.79. The number of alkyl halides is 3. The number of aromatic amines is 1. The molecule has 0 bridgehead atoms. The van der Waals surface area contributed by atoms with E-state index in [4.69, 9.17) is 21.3 Å². The van der Waals surface area contributed by atoms with Crippen LogP contribution in [0.25, 0.3) is 33.3 Å². The lowest BCUT2D eigenvalue weighted by Crippen LogP contribution is -2.45. The topological polar surface area (TPSA) is 102 Å². The lowest BCUT2D eigenvalue weighted by molar-refractivity contribution is -0.186. The summed E-state index contributed by atoms with van der Waals surface area (Å²) in [6, 6.07) is 9.06. The molecule has 9 nitrogen and oxygen atoms in total. The SMILES string of the molecule is Cc1nc2ccc(Oc3ccc4ncc(-c5cnn(CC6CCN(C(=O)C(F)(F)F)CC6)c5)nc4c3Cl)cc2[nH]1. The first-order valence-corrected chi connectivity index (χ1v) is 13.0. The fourth-order valence-corrected chi connectivity index (χ4v) is 5.15. The third kappa shape index (κ3) is 5.18. The Balaban J connectivity index is 1.17. The Kier molecular flexibility index (Phi) is 6.57. The van der Waals surface area contributed by atoms with Crippen molar-refractivity contribution in [2.75, 3.05) is 13.1 Å². The summed E-state index contributed by atoms with van der Waals surface area (Å²) in [5, 5.41) is 4.72. The number of ether oxygens (including phenoxy) is 1. The molecule has 1 fully saturated rings. The largest absolute Gasteiger partial charge is 0.471 e. The molecule has 40 heavy (non-hydrogen) atoms. The molecule has 3 aromatic heterocycles. The van der Waals surface area contributed by atoms with Crippen LogP contribution in [0.1, 0.15) is 18.7 Å². The van der Waals surface area contributed by atoms with E-state index in [1.807, 2.05) is 31.3 Å². The van der Waals surface area contributed by atoms with Crippen LogP contribution in [0.2, 0.25) is 5.02 Å². The first-order chi connectivity index (χ1) is 19.1. The normalized spacial score (nSPS) is 14.8. The predicted molar refractivity (Wildman–Crippen MR) is 142 cm³/mol. The van der Waals surface area contributed by atoms with Gasteiger partial charge in [0.25, 0.3) is 0 Å². The van der Waals surface area contributed by atoms with Gasteiger partial charge in [0.05, 0.1) is 34.6 Å². The molecule has 0 unspecified atom stereocenters. The number of hydrogen-bond donors (Lipinski definition) is 1. The zero-order valence-electron chi connectivity index (χ0n) is 21.2. The van der Waals surface area contributed by atoms with Gasteiger partial charge in [-0.25, -0.2) is 9.97 Å². The number of halogens is 4. The van der Waals surface area contributed by atoms with Crippen molar-refractivity contribution in [3.63, 3.8) is 0 Å². The summed E-state index contributed by atoms with van der Waals surface area (Å²) in [7, 11) is 0. The second-order valence-corrected chi connectivity index (χ2v) is 10.2. The minimum absolute atomic E-state index is 0.0750. The van der Waals surface area contributed by atoms with E-state index in [2.05, 4.69) is 20.1 Å². The lowest BCUT2D eigenvalue weighted by Gasteiger charge is -2.32. The molecule has 1 aliphatic heterocycles. The number of benzene rings is 2. The highest BCUT2D eigenvalue weighted by Crippen LogP contribution is 2.36. The molecule has 5 aromatic rings. The Morgan fingerprint density at radius 2 is 1.90 bits per heavy atom. The van der Waals surface area contributed by atoms with E-state index in [0.29, 0.717) is 52.6 Å². The number of piperidine rings is 1. The van der Waals surface area contributed by atoms with Crippen LogP contribution in [-0.4, -0.2) is 59.8 Å². The number of aromatic nitrogens is 6. The highest BCUT2D eigenvalue weighted by atomic mass is 35.5. The minimum atomic E-state index is -4.84. The van der Waals surface area contributed by atoms with E-state index in [1.54, 1.807) is 29.2 Å². The molecule has 0 saturated carbocycles. The number of amides is 1. The van der Waals surface area contributed by atoms with E-state index in [1.165, 1.54) is 0 Å². The molecule has 0 radical (unpaired) electrons. The van der Waals surface area contributed by atoms with Gasteiger partial charge in [0.2, 0.25) is 0 Å². The van der Waals surface area contributed by atoms with Crippen molar-refractivity contribution in [2.45, 2.75) is 32.5 Å². The summed E-state index contributed by atoms with van der Waals surface area (Å²) in [6.45, 7) is 2.56. The van der Waals surface area contributed by atoms with Gasteiger partial charge in [-0.2, -0.15) is 18.3 Å². The molecule has 0 aliphatic carbocycles. The number of imidazole rings is 1. The van der Waals surface area contributed by atoms with Gasteiger partial charge in [-0.1, -0.05) is 11.6 Å². The Bertz CT molecular complexity index is 1720. The van der Waals surface area contributed by atoms with Crippen LogP contribution in [-0.2, 0) is 11.3 Å². The number of carbonyl (C=O) groups is 1. The molecule has 6 rings (SSSR count). The summed E-state index contributed by atoms with van der Waals surface area (Å²) in [4.78, 5) is 29.1. The van der Waals surface area contributed by atoms with Crippen molar-refractivity contribution in [1.29, 1.82) is 0 Å². The molecular weight excluding hydrogens is 547 g/mol. The first kappa shape index (κ1) is 26.1. The van der Waals surface area contributed by atoms with Gasteiger partial charge < -0.3 is 14.6 Å². The number of fused-ring (bicyclic) bond motifs is 2. The summed E-state index contributed by atoms with van der Waals surface area (Å²) in [6.07, 6.45) is 1.22. The van der Waals surface area contributed by atoms with Crippen molar-refractivity contribution >= 4 is 39.6 Å². The minimum Gasteiger partial charge on any atom is -0.456 e. The maximum absolute atomic E-state index is 12.7. The zero-order valence-corrected chi connectivity index (χ0v) is 22.0. The molecule has 206 valence electrons. The summed E-state index contributed by atoms with van der Waals surface area (Å²) in [5.74, 6) is 0.165. The monoisotopic (exact) mass is 569 g/mol. The summed E-state index contributed by atoms with van der Waals surface area (Å²) < 4.78 is 45.9. The van der Waals surface area contributed by atoms with Crippen LogP contribution in [0.5, 0.6) is 11.5 Å².